The van der Waals surface area contributed by atoms with Crippen molar-refractivity contribution in [1.29, 1.82) is 0 Å². The van der Waals surface area contributed by atoms with E-state index in [0.29, 0.717) is 23.1 Å². The topological polar surface area (TPSA) is 29.5 Å². The molecule has 1 N–H and O–H groups in total. The van der Waals surface area contributed by atoms with Gasteiger partial charge in [0.25, 0.3) is 0 Å². The molecular formula is C14H20Cl2O2. The van der Waals surface area contributed by atoms with Crippen LogP contribution in [0.5, 0.6) is 0 Å². The fourth-order valence-corrected chi connectivity index (χ4v) is 2.54. The van der Waals surface area contributed by atoms with Gasteiger partial charge in [-0.15, -0.1) is 0 Å². The maximum Gasteiger partial charge on any atom is 0.0859 e. The third-order valence-electron chi connectivity index (χ3n) is 2.87. The maximum atomic E-state index is 10.3. The van der Waals surface area contributed by atoms with Crippen molar-refractivity contribution in [2.75, 3.05) is 6.61 Å². The molecular weight excluding hydrogens is 271 g/mol. The second kappa shape index (κ2) is 7.34. The zero-order valence-electron chi connectivity index (χ0n) is 11.0. The Labute approximate surface area is 119 Å². The number of aliphatic hydroxyl groups excluding tert-OH is 1. The summed E-state index contributed by atoms with van der Waals surface area (Å²) in [5, 5.41) is 11.4. The van der Waals surface area contributed by atoms with E-state index < -0.39 is 6.10 Å². The van der Waals surface area contributed by atoms with Crippen LogP contribution in [0.3, 0.4) is 0 Å². The lowest BCUT2D eigenvalue weighted by Gasteiger charge is -2.26. The number of halogens is 2. The Bertz CT molecular complexity index is 360. The molecule has 4 heteroatoms. The van der Waals surface area contributed by atoms with Crippen molar-refractivity contribution < 1.29 is 9.84 Å². The van der Waals surface area contributed by atoms with Crippen LogP contribution < -0.4 is 0 Å². The summed E-state index contributed by atoms with van der Waals surface area (Å²) in [6.07, 6.45) is -0.411. The Morgan fingerprint density at radius 3 is 2.22 bits per heavy atom. The molecule has 1 aromatic rings. The van der Waals surface area contributed by atoms with E-state index in [2.05, 4.69) is 0 Å². The standard InChI is InChI=1S/C14H20Cl2O2/c1-4-18-14(9(2)3)13(17)8-10-11(15)6-5-7-12(10)16/h5-7,9,13-14,17H,4,8H2,1-3H3. The fourth-order valence-electron chi connectivity index (χ4n) is 1.99. The summed E-state index contributed by atoms with van der Waals surface area (Å²) in [6, 6.07) is 5.35. The van der Waals surface area contributed by atoms with Crippen LogP contribution in [-0.2, 0) is 11.2 Å². The van der Waals surface area contributed by atoms with E-state index >= 15 is 0 Å². The summed E-state index contributed by atoms with van der Waals surface area (Å²) in [7, 11) is 0. The van der Waals surface area contributed by atoms with Crippen molar-refractivity contribution >= 4 is 23.2 Å². The lowest BCUT2D eigenvalue weighted by Crippen LogP contribution is -2.35. The van der Waals surface area contributed by atoms with Gasteiger partial charge in [0, 0.05) is 23.1 Å². The molecule has 0 spiro atoms. The van der Waals surface area contributed by atoms with E-state index in [-0.39, 0.29) is 12.0 Å². The number of aliphatic hydroxyl groups is 1. The molecule has 0 aliphatic heterocycles. The minimum atomic E-state index is -0.609. The molecule has 102 valence electrons. The number of benzene rings is 1. The molecule has 0 aromatic heterocycles. The van der Waals surface area contributed by atoms with Crippen molar-refractivity contribution in [3.05, 3.63) is 33.8 Å². The molecule has 18 heavy (non-hydrogen) atoms. The molecule has 2 unspecified atom stereocenters. The highest BCUT2D eigenvalue weighted by Gasteiger charge is 2.24. The van der Waals surface area contributed by atoms with Crippen LogP contribution in [0.2, 0.25) is 10.0 Å². The lowest BCUT2D eigenvalue weighted by atomic mass is 9.96. The zero-order valence-corrected chi connectivity index (χ0v) is 12.5. The van der Waals surface area contributed by atoms with Gasteiger partial charge >= 0.3 is 0 Å². The minimum absolute atomic E-state index is 0.206. The van der Waals surface area contributed by atoms with Gasteiger partial charge in [-0.2, -0.15) is 0 Å². The summed E-state index contributed by atoms with van der Waals surface area (Å²) in [4.78, 5) is 0. The number of ether oxygens (including phenoxy) is 1. The maximum absolute atomic E-state index is 10.3. The Morgan fingerprint density at radius 1 is 1.22 bits per heavy atom. The van der Waals surface area contributed by atoms with Crippen molar-refractivity contribution in [2.45, 2.75) is 39.4 Å². The molecule has 0 radical (unpaired) electrons. The monoisotopic (exact) mass is 290 g/mol. The van der Waals surface area contributed by atoms with E-state index in [9.17, 15) is 5.11 Å². The van der Waals surface area contributed by atoms with Crippen LogP contribution in [0.1, 0.15) is 26.3 Å². The molecule has 0 aliphatic carbocycles. The van der Waals surface area contributed by atoms with Crippen LogP contribution in [0.25, 0.3) is 0 Å². The average molecular weight is 291 g/mol. The Kier molecular flexibility index (Phi) is 6.44. The highest BCUT2D eigenvalue weighted by Crippen LogP contribution is 2.27. The number of hydrogen-bond donors (Lipinski definition) is 1. The first kappa shape index (κ1) is 15.8. The zero-order chi connectivity index (χ0) is 13.7. The second-order valence-corrected chi connectivity index (χ2v) is 5.45. The van der Waals surface area contributed by atoms with E-state index in [4.69, 9.17) is 27.9 Å². The lowest BCUT2D eigenvalue weighted by molar-refractivity contribution is -0.0562. The normalized spacial score (nSPS) is 14.8. The fraction of sp³-hybridized carbons (Fsp3) is 0.571. The van der Waals surface area contributed by atoms with Crippen LogP contribution >= 0.6 is 23.2 Å². The molecule has 0 saturated heterocycles. The van der Waals surface area contributed by atoms with E-state index in [0.717, 1.165) is 5.56 Å². The predicted molar refractivity (Wildman–Crippen MR) is 76.4 cm³/mol. The van der Waals surface area contributed by atoms with Crippen molar-refractivity contribution in [3.63, 3.8) is 0 Å². The Hall–Kier alpha value is -0.280. The molecule has 0 amide bonds. The third-order valence-corrected chi connectivity index (χ3v) is 3.58. The van der Waals surface area contributed by atoms with Gasteiger partial charge in [0.1, 0.15) is 0 Å². The summed E-state index contributed by atoms with van der Waals surface area (Å²) < 4.78 is 5.58. The van der Waals surface area contributed by atoms with Crippen LogP contribution in [0, 0.1) is 5.92 Å². The summed E-state index contributed by atoms with van der Waals surface area (Å²) in [5.41, 5.74) is 0.777. The molecule has 1 rings (SSSR count). The number of rotatable bonds is 6. The average Bonchev–Trinajstić information content (AvgIpc) is 2.30. The first-order valence-corrected chi connectivity index (χ1v) is 6.95. The van der Waals surface area contributed by atoms with Crippen LogP contribution in [-0.4, -0.2) is 23.9 Å². The molecule has 1 aromatic carbocycles. The second-order valence-electron chi connectivity index (χ2n) is 4.64. The van der Waals surface area contributed by atoms with Gasteiger partial charge in [0.05, 0.1) is 12.2 Å². The van der Waals surface area contributed by atoms with Gasteiger partial charge in [-0.05, 0) is 30.5 Å². The van der Waals surface area contributed by atoms with Gasteiger partial charge in [0.15, 0.2) is 0 Å². The Balaban J connectivity index is 2.82. The quantitative estimate of drug-likeness (QED) is 0.859. The van der Waals surface area contributed by atoms with E-state index in [1.807, 2.05) is 20.8 Å². The minimum Gasteiger partial charge on any atom is -0.390 e. The molecule has 0 saturated carbocycles. The smallest absolute Gasteiger partial charge is 0.0859 e. The van der Waals surface area contributed by atoms with Gasteiger partial charge < -0.3 is 9.84 Å². The first-order chi connectivity index (χ1) is 8.47. The Morgan fingerprint density at radius 2 is 1.78 bits per heavy atom. The van der Waals surface area contributed by atoms with Gasteiger partial charge in [0.2, 0.25) is 0 Å². The molecule has 0 fully saturated rings. The summed E-state index contributed by atoms with van der Waals surface area (Å²) in [5.74, 6) is 0.237. The largest absolute Gasteiger partial charge is 0.390 e. The van der Waals surface area contributed by atoms with Crippen molar-refractivity contribution in [1.82, 2.24) is 0 Å². The van der Waals surface area contributed by atoms with E-state index in [1.165, 1.54) is 0 Å². The van der Waals surface area contributed by atoms with Gasteiger partial charge in [-0.1, -0.05) is 43.1 Å². The molecule has 0 aliphatic rings. The van der Waals surface area contributed by atoms with E-state index in [1.54, 1.807) is 18.2 Å². The number of hydrogen-bond acceptors (Lipinski definition) is 2. The molecule has 0 heterocycles. The predicted octanol–water partition coefficient (Wildman–Crippen LogP) is 3.96. The molecule has 0 bridgehead atoms. The van der Waals surface area contributed by atoms with Crippen LogP contribution in [0.15, 0.2) is 18.2 Å². The van der Waals surface area contributed by atoms with Crippen molar-refractivity contribution in [2.24, 2.45) is 5.92 Å². The third kappa shape index (κ3) is 4.13. The highest BCUT2D eigenvalue weighted by molar-refractivity contribution is 6.35. The SMILES string of the molecule is CCOC(C(C)C)C(O)Cc1c(Cl)cccc1Cl. The molecule has 2 nitrogen and oxygen atoms in total. The van der Waals surface area contributed by atoms with Gasteiger partial charge in [-0.25, -0.2) is 0 Å². The summed E-state index contributed by atoms with van der Waals surface area (Å²) in [6.45, 7) is 6.55. The first-order valence-electron chi connectivity index (χ1n) is 6.19. The van der Waals surface area contributed by atoms with Gasteiger partial charge in [-0.3, -0.25) is 0 Å². The van der Waals surface area contributed by atoms with Crippen LogP contribution in [0.4, 0.5) is 0 Å². The van der Waals surface area contributed by atoms with Crippen molar-refractivity contribution in [3.8, 4) is 0 Å². The highest BCUT2D eigenvalue weighted by atomic mass is 35.5. The molecule has 2 atom stereocenters. The summed E-state index contributed by atoms with van der Waals surface area (Å²) >= 11 is 12.2.